The van der Waals surface area contributed by atoms with Gasteiger partial charge in [0.05, 0.1) is 19.1 Å². The second-order valence-corrected chi connectivity index (χ2v) is 5.70. The molecule has 1 aromatic carbocycles. The molecule has 0 radical (unpaired) electrons. The Morgan fingerprint density at radius 1 is 1.35 bits per heavy atom. The Hall–Kier alpha value is -1.79. The van der Waals surface area contributed by atoms with E-state index in [1.54, 1.807) is 7.11 Å². The van der Waals surface area contributed by atoms with E-state index < -0.39 is 5.41 Å². The van der Waals surface area contributed by atoms with Crippen LogP contribution >= 0.6 is 0 Å². The van der Waals surface area contributed by atoms with E-state index >= 15 is 0 Å². The van der Waals surface area contributed by atoms with E-state index in [1.165, 1.54) is 0 Å². The van der Waals surface area contributed by atoms with Crippen LogP contribution in [0.1, 0.15) is 25.3 Å². The summed E-state index contributed by atoms with van der Waals surface area (Å²) in [5, 5.41) is 3.00. The summed E-state index contributed by atoms with van der Waals surface area (Å²) in [6.45, 7) is 4.43. The molecule has 0 aliphatic carbocycles. The molecular formula is C17H26N2O4. The van der Waals surface area contributed by atoms with Crippen LogP contribution in [0.3, 0.4) is 0 Å². The first-order valence-corrected chi connectivity index (χ1v) is 8.01. The van der Waals surface area contributed by atoms with Crippen molar-refractivity contribution in [3.63, 3.8) is 0 Å². The van der Waals surface area contributed by atoms with Crippen LogP contribution in [0.2, 0.25) is 0 Å². The van der Waals surface area contributed by atoms with Crippen molar-refractivity contribution < 1.29 is 19.0 Å². The van der Waals surface area contributed by atoms with Crippen LogP contribution in [0.4, 0.5) is 0 Å². The average molecular weight is 322 g/mol. The number of nitrogens with one attached hydrogen (secondary N) is 1. The van der Waals surface area contributed by atoms with E-state index in [9.17, 15) is 4.79 Å². The number of methoxy groups -OCH3 is 1. The zero-order chi connectivity index (χ0) is 16.7. The number of hydrogen-bond donors (Lipinski definition) is 2. The molecule has 6 nitrogen and oxygen atoms in total. The van der Waals surface area contributed by atoms with Gasteiger partial charge in [-0.3, -0.25) is 4.79 Å². The van der Waals surface area contributed by atoms with E-state index in [4.69, 9.17) is 19.9 Å². The summed E-state index contributed by atoms with van der Waals surface area (Å²) in [6, 6.07) is 5.65. The third kappa shape index (κ3) is 4.14. The van der Waals surface area contributed by atoms with Gasteiger partial charge in [-0.1, -0.05) is 6.07 Å². The van der Waals surface area contributed by atoms with Crippen molar-refractivity contribution >= 4 is 5.91 Å². The van der Waals surface area contributed by atoms with Crippen molar-refractivity contribution in [2.75, 3.05) is 33.5 Å². The number of nitrogens with two attached hydrogens (primary N) is 1. The SMILES string of the molecule is CCOc1cc(CNC(=O)C2(CN)CCOCC2)ccc1OC. The summed E-state index contributed by atoms with van der Waals surface area (Å²) in [5.74, 6) is 1.36. The molecule has 1 aliphatic heterocycles. The summed E-state index contributed by atoms with van der Waals surface area (Å²) < 4.78 is 16.2. The van der Waals surface area contributed by atoms with E-state index in [2.05, 4.69) is 5.32 Å². The second-order valence-electron chi connectivity index (χ2n) is 5.70. The first-order chi connectivity index (χ1) is 11.1. The van der Waals surface area contributed by atoms with Gasteiger partial charge in [0.25, 0.3) is 0 Å². The van der Waals surface area contributed by atoms with Crippen molar-refractivity contribution in [2.24, 2.45) is 11.1 Å². The lowest BCUT2D eigenvalue weighted by Gasteiger charge is -2.34. The van der Waals surface area contributed by atoms with Gasteiger partial charge in [-0.2, -0.15) is 0 Å². The minimum absolute atomic E-state index is 0.00271. The lowest BCUT2D eigenvalue weighted by Crippen LogP contribution is -2.48. The van der Waals surface area contributed by atoms with E-state index in [0.29, 0.717) is 57.3 Å². The summed E-state index contributed by atoms with van der Waals surface area (Å²) >= 11 is 0. The molecule has 3 N–H and O–H groups in total. The maximum Gasteiger partial charge on any atom is 0.227 e. The molecule has 0 unspecified atom stereocenters. The molecule has 1 fully saturated rings. The molecule has 0 atom stereocenters. The molecule has 0 bridgehead atoms. The fourth-order valence-corrected chi connectivity index (χ4v) is 2.76. The molecule has 0 spiro atoms. The third-order valence-electron chi connectivity index (χ3n) is 4.30. The predicted octanol–water partition coefficient (Wildman–Crippen LogP) is 1.47. The van der Waals surface area contributed by atoms with Gasteiger partial charge in [0.15, 0.2) is 11.5 Å². The maximum atomic E-state index is 12.6. The molecule has 128 valence electrons. The number of carbonyl (C=O) groups excluding carboxylic acids is 1. The van der Waals surface area contributed by atoms with Crippen molar-refractivity contribution in [1.82, 2.24) is 5.32 Å². The molecule has 2 rings (SSSR count). The molecule has 23 heavy (non-hydrogen) atoms. The minimum atomic E-state index is -0.506. The van der Waals surface area contributed by atoms with Crippen LogP contribution in [0.15, 0.2) is 18.2 Å². The van der Waals surface area contributed by atoms with Crippen molar-refractivity contribution in [3.8, 4) is 11.5 Å². The van der Waals surface area contributed by atoms with Crippen LogP contribution in [-0.4, -0.2) is 39.4 Å². The highest BCUT2D eigenvalue weighted by Gasteiger charge is 2.38. The molecule has 0 aromatic heterocycles. The summed E-state index contributed by atoms with van der Waals surface area (Å²) in [5.41, 5.74) is 6.31. The van der Waals surface area contributed by atoms with Crippen molar-refractivity contribution in [1.29, 1.82) is 0 Å². The van der Waals surface area contributed by atoms with Crippen LogP contribution < -0.4 is 20.5 Å². The Morgan fingerprint density at radius 3 is 2.70 bits per heavy atom. The quantitative estimate of drug-likeness (QED) is 0.794. The van der Waals surface area contributed by atoms with Gasteiger partial charge in [0.1, 0.15) is 0 Å². The fourth-order valence-electron chi connectivity index (χ4n) is 2.76. The highest BCUT2D eigenvalue weighted by atomic mass is 16.5. The molecule has 1 aliphatic rings. The normalized spacial score (nSPS) is 16.7. The molecular weight excluding hydrogens is 296 g/mol. The summed E-state index contributed by atoms with van der Waals surface area (Å²) in [4.78, 5) is 12.6. The Labute approximate surface area is 137 Å². The second kappa shape index (κ2) is 8.17. The first kappa shape index (κ1) is 17.6. The number of rotatable bonds is 7. The average Bonchev–Trinajstić information content (AvgIpc) is 2.60. The topological polar surface area (TPSA) is 82.8 Å². The van der Waals surface area contributed by atoms with E-state index in [0.717, 1.165) is 5.56 Å². The minimum Gasteiger partial charge on any atom is -0.493 e. The molecule has 1 heterocycles. The first-order valence-electron chi connectivity index (χ1n) is 8.01. The highest BCUT2D eigenvalue weighted by molar-refractivity contribution is 5.83. The van der Waals surface area contributed by atoms with Gasteiger partial charge in [0, 0.05) is 26.3 Å². The van der Waals surface area contributed by atoms with Crippen LogP contribution in [-0.2, 0) is 16.1 Å². The Bertz CT molecular complexity index is 527. The largest absolute Gasteiger partial charge is 0.493 e. The number of carbonyl (C=O) groups is 1. The Morgan fingerprint density at radius 2 is 2.09 bits per heavy atom. The van der Waals surface area contributed by atoms with E-state index in [1.807, 2.05) is 25.1 Å². The lowest BCUT2D eigenvalue weighted by atomic mass is 9.79. The lowest BCUT2D eigenvalue weighted by molar-refractivity contribution is -0.136. The summed E-state index contributed by atoms with van der Waals surface area (Å²) in [6.07, 6.45) is 1.34. The summed E-state index contributed by atoms with van der Waals surface area (Å²) in [7, 11) is 1.61. The van der Waals surface area contributed by atoms with Crippen molar-refractivity contribution in [2.45, 2.75) is 26.3 Å². The van der Waals surface area contributed by atoms with Crippen LogP contribution in [0, 0.1) is 5.41 Å². The van der Waals surface area contributed by atoms with Gasteiger partial charge in [-0.15, -0.1) is 0 Å². The number of amides is 1. The zero-order valence-electron chi connectivity index (χ0n) is 13.9. The van der Waals surface area contributed by atoms with Crippen molar-refractivity contribution in [3.05, 3.63) is 23.8 Å². The monoisotopic (exact) mass is 322 g/mol. The predicted molar refractivity (Wildman–Crippen MR) is 87.6 cm³/mol. The van der Waals surface area contributed by atoms with E-state index in [-0.39, 0.29) is 5.91 Å². The van der Waals surface area contributed by atoms with Gasteiger partial charge in [-0.05, 0) is 37.5 Å². The number of benzene rings is 1. The molecule has 0 saturated carbocycles. The fraction of sp³-hybridized carbons (Fsp3) is 0.588. The standard InChI is InChI=1S/C17H26N2O4/c1-3-23-15-10-13(4-5-14(15)21-2)11-19-16(20)17(12-18)6-8-22-9-7-17/h4-5,10H,3,6-9,11-12,18H2,1-2H3,(H,19,20). The Kier molecular flexibility index (Phi) is 6.24. The van der Waals surface area contributed by atoms with Crippen LogP contribution in [0.5, 0.6) is 11.5 Å². The van der Waals surface area contributed by atoms with Gasteiger partial charge in [-0.25, -0.2) is 0 Å². The zero-order valence-corrected chi connectivity index (χ0v) is 13.9. The smallest absolute Gasteiger partial charge is 0.227 e. The third-order valence-corrected chi connectivity index (χ3v) is 4.30. The molecule has 1 amide bonds. The Balaban J connectivity index is 2.02. The van der Waals surface area contributed by atoms with Gasteiger partial charge in [0.2, 0.25) is 5.91 Å². The highest BCUT2D eigenvalue weighted by Crippen LogP contribution is 2.30. The van der Waals surface area contributed by atoms with Gasteiger partial charge >= 0.3 is 0 Å². The number of hydrogen-bond acceptors (Lipinski definition) is 5. The molecule has 1 aromatic rings. The molecule has 1 saturated heterocycles. The maximum absolute atomic E-state index is 12.6. The van der Waals surface area contributed by atoms with Gasteiger partial charge < -0.3 is 25.3 Å². The molecule has 6 heteroatoms. The van der Waals surface area contributed by atoms with Crippen LogP contribution in [0.25, 0.3) is 0 Å². The number of ether oxygens (including phenoxy) is 3.